The van der Waals surface area contributed by atoms with Gasteiger partial charge in [-0.1, -0.05) is 6.42 Å². The topological polar surface area (TPSA) is 29.3 Å². The van der Waals surface area contributed by atoms with Crippen molar-refractivity contribution in [1.29, 1.82) is 0 Å². The highest BCUT2D eigenvalue weighted by Crippen LogP contribution is 2.30. The summed E-state index contributed by atoms with van der Waals surface area (Å²) in [6.07, 6.45) is 7.04. The van der Waals surface area contributed by atoms with Crippen molar-refractivity contribution in [3.8, 4) is 0 Å². The summed E-state index contributed by atoms with van der Waals surface area (Å²) in [5, 5.41) is 0. The molecular formula is C10H20N2. The first-order valence-corrected chi connectivity index (χ1v) is 5.34. The second kappa shape index (κ2) is 3.75. The van der Waals surface area contributed by atoms with Crippen molar-refractivity contribution in [3.05, 3.63) is 0 Å². The van der Waals surface area contributed by atoms with Crippen LogP contribution in [0.2, 0.25) is 0 Å². The minimum Gasteiger partial charge on any atom is -0.330 e. The van der Waals surface area contributed by atoms with E-state index in [2.05, 4.69) is 4.90 Å². The van der Waals surface area contributed by atoms with Crippen LogP contribution in [0.1, 0.15) is 32.1 Å². The van der Waals surface area contributed by atoms with Crippen LogP contribution in [0, 0.1) is 5.92 Å². The van der Waals surface area contributed by atoms with E-state index in [9.17, 15) is 0 Å². The summed E-state index contributed by atoms with van der Waals surface area (Å²) in [7, 11) is 0. The van der Waals surface area contributed by atoms with Gasteiger partial charge in [-0.3, -0.25) is 4.90 Å². The lowest BCUT2D eigenvalue weighted by molar-refractivity contribution is 0.0500. The molecule has 0 aromatic rings. The Kier molecular flexibility index (Phi) is 2.66. The van der Waals surface area contributed by atoms with Gasteiger partial charge in [-0.05, 0) is 44.7 Å². The second-order valence-corrected chi connectivity index (χ2v) is 4.31. The molecule has 1 heterocycles. The van der Waals surface area contributed by atoms with Crippen LogP contribution >= 0.6 is 0 Å². The average molecular weight is 168 g/mol. The highest BCUT2D eigenvalue weighted by molar-refractivity contribution is 4.86. The minimum absolute atomic E-state index is 0.843. The van der Waals surface area contributed by atoms with Crippen molar-refractivity contribution >= 4 is 0 Å². The van der Waals surface area contributed by atoms with Gasteiger partial charge in [0, 0.05) is 12.6 Å². The molecule has 2 heteroatoms. The molecule has 2 rings (SSSR count). The lowest BCUT2D eigenvalue weighted by Crippen LogP contribution is -2.51. The SMILES string of the molecule is NCCC1CCN1CC1CCC1. The zero-order chi connectivity index (χ0) is 8.39. The number of hydrogen-bond donors (Lipinski definition) is 1. The summed E-state index contributed by atoms with van der Waals surface area (Å²) in [5.41, 5.74) is 5.55. The number of nitrogens with zero attached hydrogens (tertiary/aromatic N) is 1. The highest BCUT2D eigenvalue weighted by Gasteiger charge is 2.30. The van der Waals surface area contributed by atoms with E-state index in [1.165, 1.54) is 45.2 Å². The van der Waals surface area contributed by atoms with E-state index in [-0.39, 0.29) is 0 Å². The lowest BCUT2D eigenvalue weighted by Gasteiger charge is -2.44. The summed E-state index contributed by atoms with van der Waals surface area (Å²) in [6, 6.07) is 0.843. The molecule has 70 valence electrons. The molecule has 1 atom stereocenters. The summed E-state index contributed by atoms with van der Waals surface area (Å²) in [6.45, 7) is 3.57. The van der Waals surface area contributed by atoms with Gasteiger partial charge in [0.1, 0.15) is 0 Å². The molecule has 2 N–H and O–H groups in total. The van der Waals surface area contributed by atoms with E-state index in [1.54, 1.807) is 0 Å². The molecule has 0 bridgehead atoms. The van der Waals surface area contributed by atoms with Gasteiger partial charge in [-0.2, -0.15) is 0 Å². The minimum atomic E-state index is 0.843. The molecule has 0 aromatic carbocycles. The standard InChI is InChI=1S/C10H20N2/c11-6-4-10-5-7-12(10)8-9-2-1-3-9/h9-10H,1-8,11H2. The third-order valence-corrected chi connectivity index (χ3v) is 3.48. The predicted molar refractivity (Wildman–Crippen MR) is 51.0 cm³/mol. The zero-order valence-electron chi connectivity index (χ0n) is 7.84. The molecule has 1 aliphatic carbocycles. The Balaban J connectivity index is 1.66. The normalized spacial score (nSPS) is 31.2. The molecule has 0 amide bonds. The first kappa shape index (κ1) is 8.52. The molecule has 1 aliphatic heterocycles. The van der Waals surface area contributed by atoms with Gasteiger partial charge >= 0.3 is 0 Å². The molecular weight excluding hydrogens is 148 g/mol. The van der Waals surface area contributed by atoms with E-state index < -0.39 is 0 Å². The maximum Gasteiger partial charge on any atom is 0.0120 e. The van der Waals surface area contributed by atoms with Gasteiger partial charge in [-0.25, -0.2) is 0 Å². The van der Waals surface area contributed by atoms with E-state index in [1.807, 2.05) is 0 Å². The van der Waals surface area contributed by atoms with E-state index in [0.717, 1.165) is 18.5 Å². The Hall–Kier alpha value is -0.0800. The molecule has 1 saturated carbocycles. The first-order chi connectivity index (χ1) is 5.90. The maximum absolute atomic E-state index is 5.55. The van der Waals surface area contributed by atoms with Crippen molar-refractivity contribution in [2.45, 2.75) is 38.1 Å². The Morgan fingerprint density at radius 3 is 2.50 bits per heavy atom. The molecule has 0 aromatic heterocycles. The van der Waals surface area contributed by atoms with Crippen molar-refractivity contribution in [1.82, 2.24) is 4.90 Å². The Bertz CT molecular complexity index is 143. The number of nitrogens with two attached hydrogens (primary N) is 1. The quantitative estimate of drug-likeness (QED) is 0.683. The van der Waals surface area contributed by atoms with Gasteiger partial charge in [0.25, 0.3) is 0 Å². The van der Waals surface area contributed by atoms with Gasteiger partial charge in [-0.15, -0.1) is 0 Å². The predicted octanol–water partition coefficient (Wildman–Crippen LogP) is 1.21. The second-order valence-electron chi connectivity index (χ2n) is 4.31. The monoisotopic (exact) mass is 168 g/mol. The fourth-order valence-corrected chi connectivity index (χ4v) is 2.26. The summed E-state index contributed by atoms with van der Waals surface area (Å²) >= 11 is 0. The Morgan fingerprint density at radius 1 is 1.25 bits per heavy atom. The van der Waals surface area contributed by atoms with Crippen LogP contribution < -0.4 is 5.73 Å². The van der Waals surface area contributed by atoms with E-state index in [4.69, 9.17) is 5.73 Å². The van der Waals surface area contributed by atoms with Crippen molar-refractivity contribution < 1.29 is 0 Å². The summed E-state index contributed by atoms with van der Waals surface area (Å²) < 4.78 is 0. The van der Waals surface area contributed by atoms with Gasteiger partial charge in [0.2, 0.25) is 0 Å². The van der Waals surface area contributed by atoms with E-state index in [0.29, 0.717) is 0 Å². The molecule has 1 saturated heterocycles. The van der Waals surface area contributed by atoms with Crippen molar-refractivity contribution in [3.63, 3.8) is 0 Å². The first-order valence-electron chi connectivity index (χ1n) is 5.34. The van der Waals surface area contributed by atoms with Crippen molar-refractivity contribution in [2.75, 3.05) is 19.6 Å². The van der Waals surface area contributed by atoms with Crippen molar-refractivity contribution in [2.24, 2.45) is 11.7 Å². The van der Waals surface area contributed by atoms with E-state index >= 15 is 0 Å². The Labute approximate surface area is 75.1 Å². The van der Waals surface area contributed by atoms with Crippen LogP contribution in [0.15, 0.2) is 0 Å². The van der Waals surface area contributed by atoms with Crippen LogP contribution in [0.5, 0.6) is 0 Å². The Morgan fingerprint density at radius 2 is 2.08 bits per heavy atom. The lowest BCUT2D eigenvalue weighted by atomic mass is 9.83. The average Bonchev–Trinajstić information content (AvgIpc) is 1.95. The smallest absolute Gasteiger partial charge is 0.0120 e. The van der Waals surface area contributed by atoms with Crippen LogP contribution in [-0.4, -0.2) is 30.6 Å². The fraction of sp³-hybridized carbons (Fsp3) is 1.00. The van der Waals surface area contributed by atoms with Crippen LogP contribution in [0.25, 0.3) is 0 Å². The van der Waals surface area contributed by atoms with Crippen LogP contribution in [-0.2, 0) is 0 Å². The molecule has 1 unspecified atom stereocenters. The van der Waals surface area contributed by atoms with Gasteiger partial charge < -0.3 is 5.73 Å². The van der Waals surface area contributed by atoms with Gasteiger partial charge in [0.05, 0.1) is 0 Å². The molecule has 2 aliphatic rings. The number of likely N-dealkylation sites (tertiary alicyclic amines) is 1. The third kappa shape index (κ3) is 1.64. The summed E-state index contributed by atoms with van der Waals surface area (Å²) in [4.78, 5) is 2.64. The highest BCUT2D eigenvalue weighted by atomic mass is 15.2. The molecule has 2 fully saturated rings. The van der Waals surface area contributed by atoms with Crippen LogP contribution in [0.4, 0.5) is 0 Å². The zero-order valence-corrected chi connectivity index (χ0v) is 7.84. The third-order valence-electron chi connectivity index (χ3n) is 3.48. The summed E-state index contributed by atoms with van der Waals surface area (Å²) in [5.74, 6) is 1.03. The number of hydrogen-bond acceptors (Lipinski definition) is 2. The van der Waals surface area contributed by atoms with Crippen LogP contribution in [0.3, 0.4) is 0 Å². The molecule has 0 radical (unpaired) electrons. The number of rotatable bonds is 4. The molecule has 0 spiro atoms. The molecule has 2 nitrogen and oxygen atoms in total. The largest absolute Gasteiger partial charge is 0.330 e. The maximum atomic E-state index is 5.55. The van der Waals surface area contributed by atoms with Gasteiger partial charge in [0.15, 0.2) is 0 Å². The molecule has 12 heavy (non-hydrogen) atoms. The fourth-order valence-electron chi connectivity index (χ4n) is 2.26.